The number of benzene rings is 1. The molecule has 1 aliphatic rings. The maximum absolute atomic E-state index is 12.8. The molecule has 2 N–H and O–H groups in total. The third-order valence-corrected chi connectivity index (χ3v) is 2.26. The maximum atomic E-state index is 12.8. The summed E-state index contributed by atoms with van der Waals surface area (Å²) in [4.78, 5) is 11.5. The topological polar surface area (TPSA) is 59.6 Å². The number of nitrogens with one attached hydrogen (secondary N) is 2. The van der Waals surface area contributed by atoms with Gasteiger partial charge in [0.05, 0.1) is 6.54 Å². The van der Waals surface area contributed by atoms with Gasteiger partial charge in [0.25, 0.3) is 0 Å². The van der Waals surface area contributed by atoms with Crippen molar-refractivity contribution in [2.45, 2.75) is 6.29 Å². The fourth-order valence-electron chi connectivity index (χ4n) is 1.52. The molecular weight excluding hydrogens is 258 g/mol. The van der Waals surface area contributed by atoms with E-state index in [1.807, 2.05) is 0 Å². The summed E-state index contributed by atoms with van der Waals surface area (Å²) in [5.74, 6) is -0.470. The average Bonchev–Trinajstić information content (AvgIpc) is 2.62. The highest BCUT2D eigenvalue weighted by Gasteiger charge is 2.43. The first-order chi connectivity index (χ1) is 9.00. The molecule has 0 unspecified atom stereocenters. The quantitative estimate of drug-likeness (QED) is 0.632. The van der Waals surface area contributed by atoms with Crippen LogP contribution >= 0.6 is 0 Å². The van der Waals surface area contributed by atoms with E-state index in [4.69, 9.17) is 0 Å². The van der Waals surface area contributed by atoms with Crippen LogP contribution < -0.4 is 20.1 Å². The van der Waals surface area contributed by atoms with Gasteiger partial charge in [-0.05, 0) is 12.1 Å². The van der Waals surface area contributed by atoms with Crippen LogP contribution in [0.2, 0.25) is 0 Å². The van der Waals surface area contributed by atoms with E-state index in [-0.39, 0.29) is 24.0 Å². The number of carbonyl (C=O) groups excluding carboxylic acids is 1. The van der Waals surface area contributed by atoms with E-state index in [1.54, 1.807) is 6.08 Å². The smallest absolute Gasteiger partial charge is 0.395 e. The molecule has 1 aromatic rings. The van der Waals surface area contributed by atoms with E-state index in [2.05, 4.69) is 26.7 Å². The second-order valence-electron chi connectivity index (χ2n) is 3.80. The summed E-state index contributed by atoms with van der Waals surface area (Å²) < 4.78 is 34.1. The summed E-state index contributed by atoms with van der Waals surface area (Å²) in [5, 5.41) is 5.36. The molecule has 7 heteroatoms. The lowest BCUT2D eigenvalue weighted by Crippen LogP contribution is -2.28. The summed E-state index contributed by atoms with van der Waals surface area (Å²) in [6, 6.07) is 4.04. The van der Waals surface area contributed by atoms with Crippen LogP contribution in [-0.4, -0.2) is 25.3 Å². The van der Waals surface area contributed by atoms with Crippen LogP contribution in [0.25, 0.3) is 0 Å². The monoisotopic (exact) mass is 270 g/mol. The van der Waals surface area contributed by atoms with Gasteiger partial charge in [-0.15, -0.1) is 15.4 Å². The van der Waals surface area contributed by atoms with Crippen LogP contribution in [0, 0.1) is 0 Å². The molecule has 102 valence electrons. The first-order valence-corrected chi connectivity index (χ1v) is 5.51. The molecule has 5 nitrogen and oxygen atoms in total. The SMILES string of the molecule is C=CCNCC(=O)Nc1ccc2c(c1)OC(F)(F)O2. The molecule has 0 aliphatic carbocycles. The number of carbonyl (C=O) groups is 1. The van der Waals surface area contributed by atoms with Gasteiger partial charge in [0.1, 0.15) is 0 Å². The van der Waals surface area contributed by atoms with Gasteiger partial charge in [0.15, 0.2) is 11.5 Å². The minimum Gasteiger partial charge on any atom is -0.395 e. The van der Waals surface area contributed by atoms with E-state index in [9.17, 15) is 13.6 Å². The van der Waals surface area contributed by atoms with E-state index in [1.165, 1.54) is 18.2 Å². The Morgan fingerprint density at radius 3 is 2.84 bits per heavy atom. The number of hydrogen-bond donors (Lipinski definition) is 2. The average molecular weight is 270 g/mol. The van der Waals surface area contributed by atoms with E-state index < -0.39 is 6.29 Å². The molecule has 0 radical (unpaired) electrons. The van der Waals surface area contributed by atoms with Crippen molar-refractivity contribution in [2.75, 3.05) is 18.4 Å². The van der Waals surface area contributed by atoms with Gasteiger partial charge in [-0.3, -0.25) is 4.79 Å². The van der Waals surface area contributed by atoms with Crippen molar-refractivity contribution < 1.29 is 23.0 Å². The van der Waals surface area contributed by atoms with E-state index >= 15 is 0 Å². The van der Waals surface area contributed by atoms with Crippen LogP contribution in [0.4, 0.5) is 14.5 Å². The highest BCUT2D eigenvalue weighted by atomic mass is 19.3. The van der Waals surface area contributed by atoms with E-state index in [0.29, 0.717) is 12.2 Å². The molecule has 1 aliphatic heterocycles. The molecule has 0 saturated carbocycles. The number of amides is 1. The number of fused-ring (bicyclic) bond motifs is 1. The fraction of sp³-hybridized carbons (Fsp3) is 0.250. The normalized spacial score (nSPS) is 15.1. The molecule has 1 aromatic carbocycles. The third kappa shape index (κ3) is 3.41. The zero-order valence-electron chi connectivity index (χ0n) is 9.91. The van der Waals surface area contributed by atoms with Crippen LogP contribution in [-0.2, 0) is 4.79 Å². The first kappa shape index (κ1) is 13.3. The molecule has 1 heterocycles. The predicted molar refractivity (Wildman–Crippen MR) is 64.3 cm³/mol. The minimum absolute atomic E-state index is 0.0622. The van der Waals surface area contributed by atoms with Crippen molar-refractivity contribution in [3.63, 3.8) is 0 Å². The van der Waals surface area contributed by atoms with Gasteiger partial charge < -0.3 is 20.1 Å². The maximum Gasteiger partial charge on any atom is 0.586 e. The van der Waals surface area contributed by atoms with Gasteiger partial charge in [0.2, 0.25) is 5.91 Å². The van der Waals surface area contributed by atoms with E-state index in [0.717, 1.165) is 0 Å². The molecule has 0 spiro atoms. The lowest BCUT2D eigenvalue weighted by Gasteiger charge is -2.06. The van der Waals surface area contributed by atoms with Crippen LogP contribution in [0.5, 0.6) is 11.5 Å². The summed E-state index contributed by atoms with van der Waals surface area (Å²) in [6.45, 7) is 4.09. The van der Waals surface area contributed by atoms with Gasteiger partial charge in [-0.1, -0.05) is 6.08 Å². The Bertz CT molecular complexity index is 506. The molecule has 0 aromatic heterocycles. The number of rotatable bonds is 5. The Hall–Kier alpha value is -2.15. The van der Waals surface area contributed by atoms with Gasteiger partial charge in [0, 0.05) is 18.3 Å². The van der Waals surface area contributed by atoms with Crippen LogP contribution in [0.3, 0.4) is 0 Å². The Balaban J connectivity index is 1.96. The summed E-state index contributed by atoms with van der Waals surface area (Å²) in [5.41, 5.74) is 0.352. The molecule has 2 rings (SSSR count). The Morgan fingerprint density at radius 1 is 1.37 bits per heavy atom. The summed E-state index contributed by atoms with van der Waals surface area (Å²) in [6.07, 6.45) is -2.04. The second-order valence-corrected chi connectivity index (χ2v) is 3.80. The number of anilines is 1. The molecule has 0 bridgehead atoms. The van der Waals surface area contributed by atoms with Crippen molar-refractivity contribution in [3.05, 3.63) is 30.9 Å². The number of ether oxygens (including phenoxy) is 2. The van der Waals surface area contributed by atoms with Crippen molar-refractivity contribution in [1.29, 1.82) is 0 Å². The molecule has 0 atom stereocenters. The summed E-state index contributed by atoms with van der Waals surface area (Å²) >= 11 is 0. The largest absolute Gasteiger partial charge is 0.586 e. The molecule has 19 heavy (non-hydrogen) atoms. The molecule has 0 fully saturated rings. The lowest BCUT2D eigenvalue weighted by molar-refractivity contribution is -0.286. The van der Waals surface area contributed by atoms with Gasteiger partial charge in [-0.2, -0.15) is 0 Å². The molecular formula is C12H12F2N2O3. The zero-order chi connectivity index (χ0) is 13.9. The number of halogens is 2. The van der Waals surface area contributed by atoms with Crippen molar-refractivity contribution in [2.24, 2.45) is 0 Å². The predicted octanol–water partition coefficient (Wildman–Crippen LogP) is 1.72. The number of alkyl halides is 2. The fourth-order valence-corrected chi connectivity index (χ4v) is 1.52. The van der Waals surface area contributed by atoms with Crippen molar-refractivity contribution in [3.8, 4) is 11.5 Å². The second kappa shape index (κ2) is 5.23. The summed E-state index contributed by atoms with van der Waals surface area (Å²) in [7, 11) is 0. The highest BCUT2D eigenvalue weighted by Crippen LogP contribution is 2.42. The zero-order valence-corrected chi connectivity index (χ0v) is 9.91. The molecule has 0 saturated heterocycles. The van der Waals surface area contributed by atoms with Crippen molar-refractivity contribution in [1.82, 2.24) is 5.32 Å². The lowest BCUT2D eigenvalue weighted by atomic mass is 10.3. The first-order valence-electron chi connectivity index (χ1n) is 5.51. The van der Waals surface area contributed by atoms with Gasteiger partial charge in [-0.25, -0.2) is 0 Å². The van der Waals surface area contributed by atoms with Gasteiger partial charge >= 0.3 is 6.29 Å². The highest BCUT2D eigenvalue weighted by molar-refractivity contribution is 5.92. The number of hydrogen-bond acceptors (Lipinski definition) is 4. The van der Waals surface area contributed by atoms with Crippen LogP contribution in [0.15, 0.2) is 30.9 Å². The Morgan fingerprint density at radius 2 is 2.11 bits per heavy atom. The Kier molecular flexibility index (Phi) is 3.66. The van der Waals surface area contributed by atoms with Crippen LogP contribution in [0.1, 0.15) is 0 Å². The molecule has 1 amide bonds. The Labute approximate surface area is 108 Å². The van der Waals surface area contributed by atoms with Crippen molar-refractivity contribution >= 4 is 11.6 Å². The minimum atomic E-state index is -3.66. The third-order valence-electron chi connectivity index (χ3n) is 2.26. The standard InChI is InChI=1S/C12H12F2N2O3/c1-2-5-15-7-11(17)16-8-3-4-9-10(6-8)19-12(13,14)18-9/h2-4,6,15H,1,5,7H2,(H,16,17).